The highest BCUT2D eigenvalue weighted by Crippen LogP contribution is 2.27. The number of nitrogens with zero attached hydrogens (tertiary/aromatic N) is 1. The van der Waals surface area contributed by atoms with E-state index in [9.17, 15) is 0 Å². The summed E-state index contributed by atoms with van der Waals surface area (Å²) in [4.78, 5) is 2.12. The fraction of sp³-hybridized carbons (Fsp3) is 0.538. The second-order valence-electron chi connectivity index (χ2n) is 4.38. The van der Waals surface area contributed by atoms with Crippen LogP contribution in [0, 0.1) is 0 Å². The number of hydrogen-bond acceptors (Lipinski definition) is 3. The van der Waals surface area contributed by atoms with Gasteiger partial charge in [-0.05, 0) is 25.2 Å². The second kappa shape index (κ2) is 5.43. The predicted octanol–water partition coefficient (Wildman–Crippen LogP) is 1.84. The van der Waals surface area contributed by atoms with E-state index in [1.54, 1.807) is 0 Å². The van der Waals surface area contributed by atoms with Gasteiger partial charge in [0.25, 0.3) is 0 Å². The standard InChI is InChI=1S/C13H19NO2/c1-14(2)7-8-16-13-10-15-9-11-5-3-4-6-12(11)13/h3-6,13H,7-10H2,1-2H3/t13-/m1/s1. The monoisotopic (exact) mass is 221 g/mol. The minimum Gasteiger partial charge on any atom is -0.374 e. The van der Waals surface area contributed by atoms with E-state index in [0.29, 0.717) is 13.2 Å². The quantitative estimate of drug-likeness (QED) is 0.774. The Bertz CT molecular complexity index is 338. The molecule has 0 unspecified atom stereocenters. The fourth-order valence-electron chi connectivity index (χ4n) is 1.86. The van der Waals surface area contributed by atoms with Crippen molar-refractivity contribution >= 4 is 0 Å². The Morgan fingerprint density at radius 1 is 1.38 bits per heavy atom. The first kappa shape index (κ1) is 11.6. The van der Waals surface area contributed by atoms with E-state index in [-0.39, 0.29) is 6.10 Å². The van der Waals surface area contributed by atoms with Gasteiger partial charge in [-0.1, -0.05) is 24.3 Å². The van der Waals surface area contributed by atoms with E-state index in [0.717, 1.165) is 13.2 Å². The van der Waals surface area contributed by atoms with Crippen LogP contribution in [-0.4, -0.2) is 38.8 Å². The molecule has 16 heavy (non-hydrogen) atoms. The van der Waals surface area contributed by atoms with Gasteiger partial charge in [-0.15, -0.1) is 0 Å². The summed E-state index contributed by atoms with van der Waals surface area (Å²) in [6.07, 6.45) is 0.102. The van der Waals surface area contributed by atoms with Crippen LogP contribution < -0.4 is 0 Å². The Morgan fingerprint density at radius 2 is 2.19 bits per heavy atom. The highest BCUT2D eigenvalue weighted by atomic mass is 16.5. The molecule has 1 aromatic carbocycles. The average molecular weight is 221 g/mol. The Morgan fingerprint density at radius 3 is 3.00 bits per heavy atom. The molecule has 88 valence electrons. The van der Waals surface area contributed by atoms with Crippen LogP contribution in [-0.2, 0) is 16.1 Å². The van der Waals surface area contributed by atoms with Crippen molar-refractivity contribution in [3.8, 4) is 0 Å². The Hall–Kier alpha value is -0.900. The van der Waals surface area contributed by atoms with Gasteiger partial charge in [-0.25, -0.2) is 0 Å². The molecule has 0 radical (unpaired) electrons. The number of hydrogen-bond donors (Lipinski definition) is 0. The maximum Gasteiger partial charge on any atom is 0.106 e. The Labute approximate surface area is 97.0 Å². The summed E-state index contributed by atoms with van der Waals surface area (Å²) in [5.74, 6) is 0. The van der Waals surface area contributed by atoms with E-state index in [1.165, 1.54) is 11.1 Å². The summed E-state index contributed by atoms with van der Waals surface area (Å²) in [5, 5.41) is 0. The summed E-state index contributed by atoms with van der Waals surface area (Å²) in [6.45, 7) is 3.07. The van der Waals surface area contributed by atoms with Gasteiger partial charge >= 0.3 is 0 Å². The molecule has 0 saturated carbocycles. The van der Waals surface area contributed by atoms with Crippen LogP contribution in [0.4, 0.5) is 0 Å². The minimum absolute atomic E-state index is 0.102. The van der Waals surface area contributed by atoms with Crippen molar-refractivity contribution in [1.29, 1.82) is 0 Å². The molecule has 0 aromatic heterocycles. The van der Waals surface area contributed by atoms with Crippen LogP contribution in [0.15, 0.2) is 24.3 Å². The molecule has 1 aliphatic heterocycles. The van der Waals surface area contributed by atoms with Crippen molar-refractivity contribution in [2.24, 2.45) is 0 Å². The van der Waals surface area contributed by atoms with Gasteiger partial charge < -0.3 is 14.4 Å². The maximum atomic E-state index is 5.85. The molecule has 0 spiro atoms. The van der Waals surface area contributed by atoms with Gasteiger partial charge in [0.05, 0.1) is 19.8 Å². The summed E-state index contributed by atoms with van der Waals surface area (Å²) in [5.41, 5.74) is 2.54. The Balaban J connectivity index is 1.96. The summed E-state index contributed by atoms with van der Waals surface area (Å²) in [7, 11) is 4.10. The minimum atomic E-state index is 0.102. The molecule has 0 saturated heterocycles. The summed E-state index contributed by atoms with van der Waals surface area (Å²) >= 11 is 0. The molecule has 1 aliphatic rings. The molecule has 0 aliphatic carbocycles. The zero-order valence-corrected chi connectivity index (χ0v) is 9.98. The third kappa shape index (κ3) is 2.82. The molecule has 0 N–H and O–H groups in total. The van der Waals surface area contributed by atoms with E-state index >= 15 is 0 Å². The largest absolute Gasteiger partial charge is 0.374 e. The van der Waals surface area contributed by atoms with Crippen molar-refractivity contribution in [3.05, 3.63) is 35.4 Å². The van der Waals surface area contributed by atoms with E-state index in [4.69, 9.17) is 9.47 Å². The average Bonchev–Trinajstić information content (AvgIpc) is 2.29. The van der Waals surface area contributed by atoms with Crippen molar-refractivity contribution in [3.63, 3.8) is 0 Å². The normalized spacial score (nSPS) is 19.8. The van der Waals surface area contributed by atoms with Crippen molar-refractivity contribution < 1.29 is 9.47 Å². The van der Waals surface area contributed by atoms with Gasteiger partial charge in [-0.3, -0.25) is 0 Å². The second-order valence-corrected chi connectivity index (χ2v) is 4.38. The predicted molar refractivity (Wildman–Crippen MR) is 63.3 cm³/mol. The lowest BCUT2D eigenvalue weighted by Crippen LogP contribution is -2.24. The first-order valence-electron chi connectivity index (χ1n) is 5.69. The fourth-order valence-corrected chi connectivity index (χ4v) is 1.86. The molecule has 2 rings (SSSR count). The number of benzene rings is 1. The highest BCUT2D eigenvalue weighted by molar-refractivity contribution is 5.30. The molecular weight excluding hydrogens is 202 g/mol. The molecule has 1 atom stereocenters. The third-order valence-electron chi connectivity index (χ3n) is 2.79. The molecule has 0 fully saturated rings. The summed E-state index contributed by atoms with van der Waals surface area (Å²) in [6, 6.07) is 8.35. The lowest BCUT2D eigenvalue weighted by Gasteiger charge is -2.26. The lowest BCUT2D eigenvalue weighted by molar-refractivity contribution is -0.0405. The zero-order chi connectivity index (χ0) is 11.4. The van der Waals surface area contributed by atoms with Gasteiger partial charge in [-0.2, -0.15) is 0 Å². The van der Waals surface area contributed by atoms with Crippen molar-refractivity contribution in [1.82, 2.24) is 4.90 Å². The molecule has 1 heterocycles. The van der Waals surface area contributed by atoms with Gasteiger partial charge in [0.15, 0.2) is 0 Å². The molecule has 0 amide bonds. The van der Waals surface area contributed by atoms with Gasteiger partial charge in [0.1, 0.15) is 6.10 Å². The van der Waals surface area contributed by atoms with Crippen LogP contribution in [0.5, 0.6) is 0 Å². The van der Waals surface area contributed by atoms with Gasteiger partial charge in [0, 0.05) is 6.54 Å². The molecule has 3 heteroatoms. The summed E-state index contributed by atoms with van der Waals surface area (Å²) < 4.78 is 11.4. The molecule has 1 aromatic rings. The Kier molecular flexibility index (Phi) is 3.93. The number of likely N-dealkylation sites (N-methyl/N-ethyl adjacent to an activating group) is 1. The first-order chi connectivity index (χ1) is 7.77. The van der Waals surface area contributed by atoms with Crippen LogP contribution >= 0.6 is 0 Å². The smallest absolute Gasteiger partial charge is 0.106 e. The van der Waals surface area contributed by atoms with Crippen molar-refractivity contribution in [2.45, 2.75) is 12.7 Å². The number of rotatable bonds is 4. The maximum absolute atomic E-state index is 5.85. The highest BCUT2D eigenvalue weighted by Gasteiger charge is 2.20. The number of ether oxygens (including phenoxy) is 2. The van der Waals surface area contributed by atoms with Crippen LogP contribution in [0.25, 0.3) is 0 Å². The third-order valence-corrected chi connectivity index (χ3v) is 2.79. The first-order valence-corrected chi connectivity index (χ1v) is 5.69. The lowest BCUT2D eigenvalue weighted by atomic mass is 10.0. The molecular formula is C13H19NO2. The van der Waals surface area contributed by atoms with Crippen molar-refractivity contribution in [2.75, 3.05) is 33.9 Å². The van der Waals surface area contributed by atoms with Crippen LogP contribution in [0.1, 0.15) is 17.2 Å². The number of fused-ring (bicyclic) bond motifs is 1. The van der Waals surface area contributed by atoms with Crippen LogP contribution in [0.2, 0.25) is 0 Å². The van der Waals surface area contributed by atoms with E-state index < -0.39 is 0 Å². The SMILES string of the molecule is CN(C)CCO[C@@H]1COCc2ccccc21. The topological polar surface area (TPSA) is 21.7 Å². The van der Waals surface area contributed by atoms with Crippen LogP contribution in [0.3, 0.4) is 0 Å². The van der Waals surface area contributed by atoms with Gasteiger partial charge in [0.2, 0.25) is 0 Å². The molecule has 3 nitrogen and oxygen atoms in total. The molecule has 0 bridgehead atoms. The van der Waals surface area contributed by atoms with E-state index in [1.807, 2.05) is 6.07 Å². The zero-order valence-electron chi connectivity index (χ0n) is 9.98. The van der Waals surface area contributed by atoms with E-state index in [2.05, 4.69) is 37.2 Å².